The average Bonchev–Trinajstić information content (AvgIpc) is 2.58. The maximum absolute atomic E-state index is 12.4. The first-order valence-electron chi connectivity index (χ1n) is 7.54. The van der Waals surface area contributed by atoms with Gasteiger partial charge in [-0.2, -0.15) is 13.2 Å². The zero-order chi connectivity index (χ0) is 17.6. The summed E-state index contributed by atoms with van der Waals surface area (Å²) < 4.78 is 46.9. The number of hydrogen-bond acceptors (Lipinski definition) is 5. The lowest BCUT2D eigenvalue weighted by Gasteiger charge is -2.34. The van der Waals surface area contributed by atoms with E-state index in [1.807, 2.05) is 0 Å². The van der Waals surface area contributed by atoms with E-state index in [1.165, 1.54) is 13.3 Å². The summed E-state index contributed by atoms with van der Waals surface area (Å²) in [4.78, 5) is 16.2. The van der Waals surface area contributed by atoms with Crippen molar-refractivity contribution >= 4 is 5.91 Å². The van der Waals surface area contributed by atoms with Gasteiger partial charge < -0.3 is 20.1 Å². The molecular formula is C15H20F3N3O3. The second-order valence-corrected chi connectivity index (χ2v) is 5.50. The first-order chi connectivity index (χ1) is 11.4. The highest BCUT2D eigenvalue weighted by molar-refractivity contribution is 5.85. The minimum absolute atomic E-state index is 0.0123. The van der Waals surface area contributed by atoms with E-state index in [4.69, 9.17) is 9.47 Å². The third kappa shape index (κ3) is 4.81. The van der Waals surface area contributed by atoms with Gasteiger partial charge in [-0.1, -0.05) is 6.07 Å². The zero-order valence-electron chi connectivity index (χ0n) is 13.3. The molecule has 1 aromatic heterocycles. The van der Waals surface area contributed by atoms with Crippen LogP contribution in [0.5, 0.6) is 5.88 Å². The smallest absolute Gasteiger partial charge is 0.422 e. The molecule has 1 amide bonds. The largest absolute Gasteiger partial charge is 0.468 e. The number of alkyl halides is 3. The lowest BCUT2D eigenvalue weighted by Crippen LogP contribution is -2.53. The van der Waals surface area contributed by atoms with Crippen molar-refractivity contribution in [2.24, 2.45) is 0 Å². The summed E-state index contributed by atoms with van der Waals surface area (Å²) in [6.45, 7) is -0.0980. The van der Waals surface area contributed by atoms with Crippen LogP contribution in [0.25, 0.3) is 0 Å². The molecule has 1 aliphatic heterocycles. The molecule has 0 aromatic carbocycles. The normalized spacial score (nSPS) is 17.3. The van der Waals surface area contributed by atoms with E-state index in [0.29, 0.717) is 31.5 Å². The summed E-state index contributed by atoms with van der Waals surface area (Å²) in [5, 5.41) is 5.85. The first-order valence-corrected chi connectivity index (χ1v) is 7.54. The number of carbonyl (C=O) groups is 1. The number of ether oxygens (including phenoxy) is 2. The molecule has 0 radical (unpaired) electrons. The van der Waals surface area contributed by atoms with Gasteiger partial charge in [0.2, 0.25) is 5.88 Å². The zero-order valence-corrected chi connectivity index (χ0v) is 13.3. The van der Waals surface area contributed by atoms with E-state index in [1.54, 1.807) is 12.1 Å². The van der Waals surface area contributed by atoms with Crippen LogP contribution in [0.4, 0.5) is 13.2 Å². The Balaban J connectivity index is 1.99. The van der Waals surface area contributed by atoms with Crippen molar-refractivity contribution in [1.82, 2.24) is 15.6 Å². The van der Waals surface area contributed by atoms with E-state index in [0.717, 1.165) is 0 Å². The lowest BCUT2D eigenvalue weighted by molar-refractivity contribution is -0.154. The van der Waals surface area contributed by atoms with Crippen molar-refractivity contribution in [3.05, 3.63) is 23.9 Å². The van der Waals surface area contributed by atoms with Crippen LogP contribution in [0.2, 0.25) is 0 Å². The molecule has 2 heterocycles. The highest BCUT2D eigenvalue weighted by Gasteiger charge is 2.39. The van der Waals surface area contributed by atoms with Crippen LogP contribution in [0.1, 0.15) is 18.4 Å². The molecule has 0 spiro atoms. The molecule has 0 atom stereocenters. The maximum Gasteiger partial charge on any atom is 0.422 e. The van der Waals surface area contributed by atoms with Crippen molar-refractivity contribution in [2.75, 3.05) is 26.8 Å². The van der Waals surface area contributed by atoms with E-state index in [2.05, 4.69) is 15.6 Å². The van der Waals surface area contributed by atoms with Crippen molar-refractivity contribution in [1.29, 1.82) is 0 Å². The molecule has 134 valence electrons. The Labute approximate surface area is 137 Å². The van der Waals surface area contributed by atoms with E-state index < -0.39 is 18.4 Å². The average molecular weight is 347 g/mol. The number of amides is 1. The molecule has 0 unspecified atom stereocenters. The SMILES string of the molecule is COC1(C(=O)NCc2cccnc2OCC(F)(F)F)CCNCC1. The van der Waals surface area contributed by atoms with Crippen LogP contribution in [0.3, 0.4) is 0 Å². The predicted molar refractivity (Wildman–Crippen MR) is 79.5 cm³/mol. The van der Waals surface area contributed by atoms with Gasteiger partial charge >= 0.3 is 6.18 Å². The Morgan fingerprint density at radius 2 is 2.12 bits per heavy atom. The minimum atomic E-state index is -4.45. The summed E-state index contributed by atoms with van der Waals surface area (Å²) in [6, 6.07) is 3.12. The molecule has 0 saturated carbocycles. The van der Waals surface area contributed by atoms with Gasteiger partial charge in [-0.3, -0.25) is 4.79 Å². The van der Waals surface area contributed by atoms with Crippen LogP contribution in [-0.2, 0) is 16.1 Å². The fourth-order valence-corrected chi connectivity index (χ4v) is 2.53. The molecule has 9 heteroatoms. The van der Waals surface area contributed by atoms with Crippen LogP contribution < -0.4 is 15.4 Å². The Hall–Kier alpha value is -1.87. The second-order valence-electron chi connectivity index (χ2n) is 5.50. The van der Waals surface area contributed by atoms with Gasteiger partial charge in [0.15, 0.2) is 6.61 Å². The number of nitrogens with zero attached hydrogens (tertiary/aromatic N) is 1. The summed E-state index contributed by atoms with van der Waals surface area (Å²) in [7, 11) is 1.48. The van der Waals surface area contributed by atoms with E-state index in [-0.39, 0.29) is 18.3 Å². The van der Waals surface area contributed by atoms with Gasteiger partial charge in [0, 0.05) is 25.4 Å². The molecule has 1 saturated heterocycles. The van der Waals surface area contributed by atoms with Crippen LogP contribution in [0, 0.1) is 0 Å². The maximum atomic E-state index is 12.4. The standard InChI is InChI=1S/C15H20F3N3O3/c1-23-14(4-7-19-8-5-14)13(22)21-9-11-3-2-6-20-12(11)24-10-15(16,17)18/h2-3,6,19H,4-5,7-10H2,1H3,(H,21,22). The minimum Gasteiger partial charge on any atom is -0.468 e. The number of pyridine rings is 1. The van der Waals surface area contributed by atoms with E-state index in [9.17, 15) is 18.0 Å². The predicted octanol–water partition coefficient (Wildman–Crippen LogP) is 1.41. The van der Waals surface area contributed by atoms with E-state index >= 15 is 0 Å². The van der Waals surface area contributed by atoms with Gasteiger partial charge in [0.1, 0.15) is 5.60 Å². The molecule has 1 aromatic rings. The number of rotatable bonds is 6. The number of carbonyl (C=O) groups excluding carboxylic acids is 1. The molecule has 0 bridgehead atoms. The lowest BCUT2D eigenvalue weighted by atomic mass is 9.91. The number of piperidine rings is 1. The molecule has 1 fully saturated rings. The third-order valence-electron chi connectivity index (χ3n) is 3.88. The highest BCUT2D eigenvalue weighted by Crippen LogP contribution is 2.24. The van der Waals surface area contributed by atoms with Crippen LogP contribution >= 0.6 is 0 Å². The molecule has 1 aliphatic rings. The summed E-state index contributed by atoms with van der Waals surface area (Å²) >= 11 is 0. The van der Waals surface area contributed by atoms with Crippen LogP contribution in [0.15, 0.2) is 18.3 Å². The molecular weight excluding hydrogens is 327 g/mol. The van der Waals surface area contributed by atoms with Gasteiger partial charge in [0.25, 0.3) is 5.91 Å². The van der Waals surface area contributed by atoms with Crippen LogP contribution in [-0.4, -0.2) is 49.5 Å². The van der Waals surface area contributed by atoms with Gasteiger partial charge in [-0.25, -0.2) is 4.98 Å². The molecule has 2 N–H and O–H groups in total. The van der Waals surface area contributed by atoms with Gasteiger partial charge in [-0.05, 0) is 32.0 Å². The van der Waals surface area contributed by atoms with Gasteiger partial charge in [0.05, 0.1) is 0 Å². The Morgan fingerprint density at radius 1 is 1.42 bits per heavy atom. The fraction of sp³-hybridized carbons (Fsp3) is 0.600. The Bertz CT molecular complexity index is 560. The number of hydrogen-bond donors (Lipinski definition) is 2. The second kappa shape index (κ2) is 7.80. The monoisotopic (exact) mass is 347 g/mol. The summed E-state index contributed by atoms with van der Waals surface area (Å²) in [6.07, 6.45) is -2.06. The fourth-order valence-electron chi connectivity index (χ4n) is 2.53. The molecule has 2 rings (SSSR count). The van der Waals surface area contributed by atoms with Crippen molar-refractivity contribution < 1.29 is 27.4 Å². The van der Waals surface area contributed by atoms with Crippen molar-refractivity contribution in [3.63, 3.8) is 0 Å². The van der Waals surface area contributed by atoms with Crippen molar-refractivity contribution in [2.45, 2.75) is 31.2 Å². The summed E-state index contributed by atoms with van der Waals surface area (Å²) in [5.41, 5.74) is -0.546. The molecule has 24 heavy (non-hydrogen) atoms. The number of methoxy groups -OCH3 is 1. The van der Waals surface area contributed by atoms with Gasteiger partial charge in [-0.15, -0.1) is 0 Å². The van der Waals surface area contributed by atoms with Crippen molar-refractivity contribution in [3.8, 4) is 5.88 Å². The topological polar surface area (TPSA) is 72.5 Å². The number of halogens is 3. The molecule has 6 nitrogen and oxygen atoms in total. The Morgan fingerprint density at radius 3 is 2.75 bits per heavy atom. The molecule has 0 aliphatic carbocycles. The summed E-state index contributed by atoms with van der Waals surface area (Å²) in [5.74, 6) is -0.441. The first kappa shape index (κ1) is 18.5. The quantitative estimate of drug-likeness (QED) is 0.814. The third-order valence-corrected chi connectivity index (χ3v) is 3.88. The highest BCUT2D eigenvalue weighted by atomic mass is 19.4. The number of aromatic nitrogens is 1. The number of nitrogens with one attached hydrogen (secondary N) is 2. The Kier molecular flexibility index (Phi) is 6.00.